The van der Waals surface area contributed by atoms with Gasteiger partial charge in [-0.15, -0.1) is 0 Å². The number of nitrogens with zero attached hydrogens (tertiary/aromatic N) is 1. The molecule has 0 saturated carbocycles. The molecule has 0 aliphatic heterocycles. The molecule has 1 heterocycles. The zero-order valence-corrected chi connectivity index (χ0v) is 15.2. The first-order chi connectivity index (χ1) is 13.2. The van der Waals surface area contributed by atoms with Crippen molar-refractivity contribution in [3.63, 3.8) is 0 Å². The first-order valence-corrected chi connectivity index (χ1v) is 9.13. The Morgan fingerprint density at radius 3 is 2.33 bits per heavy atom. The van der Waals surface area contributed by atoms with E-state index in [4.69, 9.17) is 0 Å². The van der Waals surface area contributed by atoms with Crippen molar-refractivity contribution >= 4 is 10.9 Å². The third-order valence-electron chi connectivity index (χ3n) is 4.80. The molecule has 1 aromatic heterocycles. The normalized spacial score (nSPS) is 12.2. The Morgan fingerprint density at radius 1 is 0.889 bits per heavy atom. The molecule has 0 saturated heterocycles. The highest BCUT2D eigenvalue weighted by molar-refractivity contribution is 5.77. The van der Waals surface area contributed by atoms with Crippen molar-refractivity contribution in [3.05, 3.63) is 112 Å². The molecule has 1 atom stereocenters. The number of aromatic amines is 1. The smallest absolute Gasteiger partial charge is 0.258 e. The number of nitrogens with two attached hydrogens (primary N) is 1. The third-order valence-corrected chi connectivity index (χ3v) is 4.80. The average molecular weight is 356 g/mol. The Labute approximate surface area is 157 Å². The Kier molecular flexibility index (Phi) is 4.81. The molecule has 4 rings (SSSR count). The van der Waals surface area contributed by atoms with Gasteiger partial charge >= 0.3 is 0 Å². The van der Waals surface area contributed by atoms with Crippen molar-refractivity contribution in [2.45, 2.75) is 19.5 Å². The van der Waals surface area contributed by atoms with Crippen LogP contribution >= 0.6 is 0 Å². The predicted molar refractivity (Wildman–Crippen MR) is 107 cm³/mol. The van der Waals surface area contributed by atoms with Gasteiger partial charge < -0.3 is 10.3 Å². The first-order valence-electron chi connectivity index (χ1n) is 9.13. The molecule has 0 unspecified atom stereocenters. The molecule has 0 fully saturated rings. The van der Waals surface area contributed by atoms with E-state index in [0.717, 1.165) is 5.52 Å². The minimum atomic E-state index is -0.0874. The molecule has 0 radical (unpaired) electrons. The van der Waals surface area contributed by atoms with Gasteiger partial charge in [0, 0.05) is 11.1 Å². The second-order valence-electron chi connectivity index (χ2n) is 6.77. The number of aromatic nitrogens is 2. The van der Waals surface area contributed by atoms with Gasteiger partial charge in [0.05, 0.1) is 10.9 Å². The van der Waals surface area contributed by atoms with E-state index in [1.54, 1.807) is 6.07 Å². The van der Waals surface area contributed by atoms with Crippen LogP contribution in [0, 0.1) is 6.92 Å². The number of H-pyrrole nitrogens is 1. The molecule has 27 heavy (non-hydrogen) atoms. The summed E-state index contributed by atoms with van der Waals surface area (Å²) in [7, 11) is 0. The van der Waals surface area contributed by atoms with Gasteiger partial charge in [-0.1, -0.05) is 72.3 Å². The van der Waals surface area contributed by atoms with Crippen LogP contribution in [0.15, 0.2) is 83.7 Å². The predicted octanol–water partition coefficient (Wildman–Crippen LogP) is 3.08. The van der Waals surface area contributed by atoms with Crippen LogP contribution in [0.1, 0.15) is 28.6 Å². The van der Waals surface area contributed by atoms with Gasteiger partial charge in [-0.05, 0) is 19.1 Å². The number of quaternary nitrogens is 1. The number of hydrogen-bond acceptors (Lipinski definition) is 2. The summed E-state index contributed by atoms with van der Waals surface area (Å²) in [4.78, 5) is 19.9. The minimum absolute atomic E-state index is 0.0874. The van der Waals surface area contributed by atoms with Crippen LogP contribution in [0.2, 0.25) is 0 Å². The zero-order valence-electron chi connectivity index (χ0n) is 15.2. The fourth-order valence-corrected chi connectivity index (χ4v) is 3.36. The highest BCUT2D eigenvalue weighted by Crippen LogP contribution is 2.18. The molecule has 3 N–H and O–H groups in total. The highest BCUT2D eigenvalue weighted by atomic mass is 16.1. The molecule has 0 aliphatic rings. The summed E-state index contributed by atoms with van der Waals surface area (Å²) < 4.78 is 0. The molecule has 0 bridgehead atoms. The number of aryl methyl sites for hydroxylation is 1. The molecule has 0 spiro atoms. The maximum absolute atomic E-state index is 12.3. The third kappa shape index (κ3) is 3.81. The topological polar surface area (TPSA) is 62.4 Å². The molecule has 4 nitrogen and oxygen atoms in total. The fourth-order valence-electron chi connectivity index (χ4n) is 3.36. The maximum Gasteiger partial charge on any atom is 0.258 e. The number of para-hydroxylation sites is 1. The van der Waals surface area contributed by atoms with Crippen molar-refractivity contribution < 1.29 is 5.32 Å². The average Bonchev–Trinajstić information content (AvgIpc) is 2.70. The van der Waals surface area contributed by atoms with Crippen LogP contribution in [0.3, 0.4) is 0 Å². The van der Waals surface area contributed by atoms with E-state index in [2.05, 4.69) is 70.7 Å². The lowest BCUT2D eigenvalue weighted by molar-refractivity contribution is -0.703. The van der Waals surface area contributed by atoms with Crippen LogP contribution in [-0.4, -0.2) is 9.97 Å². The second kappa shape index (κ2) is 7.56. The molecule has 4 aromatic rings. The minimum Gasteiger partial charge on any atom is -0.330 e. The number of nitrogens with one attached hydrogen (secondary N) is 1. The van der Waals surface area contributed by atoms with Crippen LogP contribution in [0.5, 0.6) is 0 Å². The van der Waals surface area contributed by atoms with Crippen LogP contribution in [0.25, 0.3) is 10.9 Å². The van der Waals surface area contributed by atoms with E-state index < -0.39 is 0 Å². The molecular weight excluding hydrogens is 334 g/mol. The summed E-state index contributed by atoms with van der Waals surface area (Å²) in [6.45, 7) is 2.68. The zero-order chi connectivity index (χ0) is 18.6. The molecule has 0 aliphatic carbocycles. The Morgan fingerprint density at radius 2 is 1.56 bits per heavy atom. The number of benzene rings is 3. The van der Waals surface area contributed by atoms with Gasteiger partial charge in [0.1, 0.15) is 12.6 Å². The van der Waals surface area contributed by atoms with Crippen molar-refractivity contribution in [1.29, 1.82) is 0 Å². The van der Waals surface area contributed by atoms with Crippen LogP contribution in [-0.2, 0) is 6.54 Å². The van der Waals surface area contributed by atoms with Gasteiger partial charge in [0.15, 0.2) is 5.82 Å². The van der Waals surface area contributed by atoms with E-state index in [0.29, 0.717) is 17.8 Å². The Balaban J connectivity index is 1.64. The Bertz CT molecular complexity index is 1100. The fraction of sp³-hybridized carbons (Fsp3) is 0.130. The van der Waals surface area contributed by atoms with Crippen molar-refractivity contribution in [2.24, 2.45) is 0 Å². The molecule has 134 valence electrons. The summed E-state index contributed by atoms with van der Waals surface area (Å²) in [5.74, 6) is 0.687. The van der Waals surface area contributed by atoms with Gasteiger partial charge in [0.25, 0.3) is 5.56 Å². The Hall–Kier alpha value is -3.24. The maximum atomic E-state index is 12.3. The number of fused-ring (bicyclic) bond motifs is 1. The largest absolute Gasteiger partial charge is 0.330 e. The highest BCUT2D eigenvalue weighted by Gasteiger charge is 2.18. The molecule has 4 heteroatoms. The van der Waals surface area contributed by atoms with Gasteiger partial charge in [-0.3, -0.25) is 4.79 Å². The first kappa shape index (κ1) is 17.2. The second-order valence-corrected chi connectivity index (χ2v) is 6.77. The summed E-state index contributed by atoms with van der Waals surface area (Å²) in [6.07, 6.45) is 0. The van der Waals surface area contributed by atoms with E-state index in [1.165, 1.54) is 16.7 Å². The lowest BCUT2D eigenvalue weighted by Crippen LogP contribution is -2.84. The van der Waals surface area contributed by atoms with E-state index in [-0.39, 0.29) is 11.6 Å². The summed E-state index contributed by atoms with van der Waals surface area (Å²) in [6, 6.07) is 26.6. The molecular formula is C23H22N3O+. The lowest BCUT2D eigenvalue weighted by atomic mass is 9.98. The SMILES string of the molecule is Cc1ccc([C@@H]([NH2+]Cc2nc3ccccc3c(=O)[nH]2)c2ccccc2)cc1. The quantitative estimate of drug-likeness (QED) is 0.577. The van der Waals surface area contributed by atoms with Crippen molar-refractivity contribution in [2.75, 3.05) is 0 Å². The van der Waals surface area contributed by atoms with Crippen LogP contribution in [0.4, 0.5) is 0 Å². The summed E-state index contributed by atoms with van der Waals surface area (Å²) >= 11 is 0. The van der Waals surface area contributed by atoms with Gasteiger partial charge in [0.2, 0.25) is 0 Å². The molecule has 0 amide bonds. The van der Waals surface area contributed by atoms with E-state index in [1.807, 2.05) is 24.3 Å². The summed E-state index contributed by atoms with van der Waals surface area (Å²) in [5.41, 5.74) is 4.34. The monoisotopic (exact) mass is 356 g/mol. The van der Waals surface area contributed by atoms with Gasteiger partial charge in [-0.25, -0.2) is 4.98 Å². The summed E-state index contributed by atoms with van der Waals surface area (Å²) in [5, 5.41) is 2.84. The van der Waals surface area contributed by atoms with Crippen molar-refractivity contribution in [3.8, 4) is 0 Å². The van der Waals surface area contributed by atoms with Crippen molar-refractivity contribution in [1.82, 2.24) is 9.97 Å². The van der Waals surface area contributed by atoms with Crippen LogP contribution < -0.4 is 10.9 Å². The van der Waals surface area contributed by atoms with Gasteiger partial charge in [-0.2, -0.15) is 0 Å². The number of hydrogen-bond donors (Lipinski definition) is 2. The number of rotatable bonds is 5. The standard InChI is InChI=1S/C23H21N3O/c1-16-11-13-18(14-12-16)22(17-7-3-2-4-8-17)24-15-21-25-20-10-6-5-9-19(20)23(27)26-21/h2-14,22,24H,15H2,1H3,(H,25,26,27)/p+1/t22-/m0/s1. The van der Waals surface area contributed by atoms with E-state index >= 15 is 0 Å². The lowest BCUT2D eigenvalue weighted by Gasteiger charge is -2.17. The van der Waals surface area contributed by atoms with E-state index in [9.17, 15) is 4.79 Å². The molecule has 3 aromatic carbocycles.